The Bertz CT molecular complexity index is 743. The second-order valence-corrected chi connectivity index (χ2v) is 7.66. The summed E-state index contributed by atoms with van der Waals surface area (Å²) in [6.07, 6.45) is -4.06. The van der Waals surface area contributed by atoms with Crippen LogP contribution in [0.4, 0.5) is 13.2 Å². The summed E-state index contributed by atoms with van der Waals surface area (Å²) in [5.74, 6) is 0. The molecule has 0 saturated heterocycles. The molecule has 22 heavy (non-hydrogen) atoms. The normalized spacial score (nSPS) is 13.3. The maximum absolute atomic E-state index is 13.0. The van der Waals surface area contributed by atoms with E-state index in [0.29, 0.717) is 18.9 Å². The van der Waals surface area contributed by atoms with Crippen LogP contribution >= 0.6 is 0 Å². The second kappa shape index (κ2) is 6.52. The fourth-order valence-corrected chi connectivity index (χ4v) is 4.37. The molecule has 0 spiro atoms. The number of hydrogen-bond donors (Lipinski definition) is 2. The fraction of sp³-hybridized carbons (Fsp3) is 0.455. The number of halogens is 3. The van der Waals surface area contributed by atoms with E-state index in [-0.39, 0.29) is 6.54 Å². The number of nitrogens with one attached hydrogen (secondary N) is 1. The molecule has 0 heterocycles. The molecular weight excluding hydrogens is 345 g/mol. The van der Waals surface area contributed by atoms with E-state index < -0.39 is 41.6 Å². The molecule has 1 rings (SSSR count). The molecular formula is C11H15F3N2O4S2. The maximum Gasteiger partial charge on any atom is 0.417 e. The van der Waals surface area contributed by atoms with Crippen molar-refractivity contribution >= 4 is 20.0 Å². The van der Waals surface area contributed by atoms with Crippen molar-refractivity contribution in [1.82, 2.24) is 4.72 Å². The highest BCUT2D eigenvalue weighted by Crippen LogP contribution is 2.36. The van der Waals surface area contributed by atoms with E-state index in [9.17, 15) is 30.0 Å². The first-order valence-corrected chi connectivity index (χ1v) is 9.17. The summed E-state index contributed by atoms with van der Waals surface area (Å²) in [6.45, 7) is 1.64. The first kappa shape index (κ1) is 18.9. The summed E-state index contributed by atoms with van der Waals surface area (Å²) in [6, 6.07) is 2.00. The minimum atomic E-state index is -5.05. The molecule has 6 nitrogen and oxygen atoms in total. The minimum Gasteiger partial charge on any atom is -0.225 e. The van der Waals surface area contributed by atoms with Crippen LogP contribution in [0, 0.1) is 0 Å². The molecule has 11 heteroatoms. The highest BCUT2D eigenvalue weighted by atomic mass is 32.2. The van der Waals surface area contributed by atoms with Crippen molar-refractivity contribution < 1.29 is 30.0 Å². The molecule has 126 valence electrons. The summed E-state index contributed by atoms with van der Waals surface area (Å²) in [7, 11) is -9.34. The second-order valence-electron chi connectivity index (χ2n) is 4.43. The van der Waals surface area contributed by atoms with Crippen LogP contribution in [-0.4, -0.2) is 23.4 Å². The Labute approximate surface area is 126 Å². The Morgan fingerprint density at radius 2 is 1.77 bits per heavy atom. The van der Waals surface area contributed by atoms with Crippen LogP contribution < -0.4 is 9.86 Å². The number of rotatable bonds is 6. The van der Waals surface area contributed by atoms with Gasteiger partial charge in [-0.2, -0.15) is 13.2 Å². The SMILES string of the molecule is CCCCNS(=O)(=O)c1c(C(F)(F)F)cccc1S(N)(=O)=O. The highest BCUT2D eigenvalue weighted by molar-refractivity contribution is 7.92. The number of benzene rings is 1. The predicted molar refractivity (Wildman–Crippen MR) is 72.9 cm³/mol. The molecule has 0 aliphatic rings. The van der Waals surface area contributed by atoms with Crippen LogP contribution in [0.5, 0.6) is 0 Å². The van der Waals surface area contributed by atoms with E-state index >= 15 is 0 Å². The van der Waals surface area contributed by atoms with Crippen LogP contribution in [0.1, 0.15) is 25.3 Å². The van der Waals surface area contributed by atoms with Gasteiger partial charge in [-0.15, -0.1) is 0 Å². The molecule has 0 saturated carbocycles. The smallest absolute Gasteiger partial charge is 0.225 e. The van der Waals surface area contributed by atoms with Gasteiger partial charge in [0, 0.05) is 6.54 Å². The molecule has 0 aliphatic heterocycles. The number of nitrogens with two attached hydrogens (primary N) is 1. The number of hydrogen-bond acceptors (Lipinski definition) is 4. The summed E-state index contributed by atoms with van der Waals surface area (Å²) in [5.41, 5.74) is -1.58. The van der Waals surface area contributed by atoms with Gasteiger partial charge < -0.3 is 0 Å². The van der Waals surface area contributed by atoms with Crippen LogP contribution in [0.2, 0.25) is 0 Å². The number of sulfonamides is 2. The zero-order chi connectivity index (χ0) is 17.2. The van der Waals surface area contributed by atoms with Crippen molar-refractivity contribution in [2.45, 2.75) is 35.7 Å². The molecule has 3 N–H and O–H groups in total. The number of primary sulfonamides is 1. The van der Waals surface area contributed by atoms with E-state index in [1.807, 2.05) is 4.72 Å². The van der Waals surface area contributed by atoms with E-state index in [1.165, 1.54) is 0 Å². The van der Waals surface area contributed by atoms with Crippen molar-refractivity contribution in [1.29, 1.82) is 0 Å². The third-order valence-electron chi connectivity index (χ3n) is 2.68. The number of alkyl halides is 3. The van der Waals surface area contributed by atoms with E-state index in [1.54, 1.807) is 6.92 Å². The van der Waals surface area contributed by atoms with Gasteiger partial charge in [-0.3, -0.25) is 0 Å². The molecule has 0 aromatic heterocycles. The van der Waals surface area contributed by atoms with Gasteiger partial charge in [-0.1, -0.05) is 19.4 Å². The Hall–Kier alpha value is -1.17. The summed E-state index contributed by atoms with van der Waals surface area (Å²) >= 11 is 0. The van der Waals surface area contributed by atoms with Crippen molar-refractivity contribution in [3.8, 4) is 0 Å². The third kappa shape index (κ3) is 4.41. The van der Waals surface area contributed by atoms with Crippen LogP contribution in [-0.2, 0) is 26.2 Å². The Morgan fingerprint density at radius 1 is 1.18 bits per heavy atom. The topological polar surface area (TPSA) is 106 Å². The molecule has 0 unspecified atom stereocenters. The number of unbranched alkanes of at least 4 members (excludes halogenated alkanes) is 1. The first-order valence-electron chi connectivity index (χ1n) is 6.14. The molecule has 0 aliphatic carbocycles. The zero-order valence-electron chi connectivity index (χ0n) is 11.5. The summed E-state index contributed by atoms with van der Waals surface area (Å²) < 4.78 is 88.1. The van der Waals surface area contributed by atoms with Gasteiger partial charge in [-0.25, -0.2) is 26.7 Å². The quantitative estimate of drug-likeness (QED) is 0.749. The first-order chi connectivity index (χ1) is 9.91. The lowest BCUT2D eigenvalue weighted by molar-refractivity contribution is -0.140. The van der Waals surface area contributed by atoms with Crippen LogP contribution in [0.15, 0.2) is 28.0 Å². The van der Waals surface area contributed by atoms with Crippen molar-refractivity contribution in [2.75, 3.05) is 6.54 Å². The van der Waals surface area contributed by atoms with Gasteiger partial charge >= 0.3 is 6.18 Å². The van der Waals surface area contributed by atoms with Crippen molar-refractivity contribution in [3.05, 3.63) is 23.8 Å². The van der Waals surface area contributed by atoms with Gasteiger partial charge in [0.2, 0.25) is 20.0 Å². The van der Waals surface area contributed by atoms with Crippen molar-refractivity contribution in [3.63, 3.8) is 0 Å². The van der Waals surface area contributed by atoms with Crippen LogP contribution in [0.25, 0.3) is 0 Å². The minimum absolute atomic E-state index is 0.116. The molecule has 0 atom stereocenters. The summed E-state index contributed by atoms with van der Waals surface area (Å²) in [4.78, 5) is -2.47. The Kier molecular flexibility index (Phi) is 5.60. The molecule has 1 aromatic rings. The largest absolute Gasteiger partial charge is 0.417 e. The highest BCUT2D eigenvalue weighted by Gasteiger charge is 2.40. The molecule has 0 fully saturated rings. The lowest BCUT2D eigenvalue weighted by atomic mass is 10.2. The van der Waals surface area contributed by atoms with Gasteiger partial charge in [0.1, 0.15) is 9.79 Å². The molecule has 1 aromatic carbocycles. The van der Waals surface area contributed by atoms with Crippen molar-refractivity contribution in [2.24, 2.45) is 5.14 Å². The lowest BCUT2D eigenvalue weighted by Crippen LogP contribution is -2.30. The fourth-order valence-electron chi connectivity index (χ4n) is 1.70. The van der Waals surface area contributed by atoms with E-state index in [0.717, 1.165) is 12.1 Å². The molecule has 0 bridgehead atoms. The van der Waals surface area contributed by atoms with Gasteiger partial charge in [0.05, 0.1) is 5.56 Å². The van der Waals surface area contributed by atoms with Gasteiger partial charge in [-0.05, 0) is 18.6 Å². The van der Waals surface area contributed by atoms with E-state index in [2.05, 4.69) is 0 Å². The molecule has 0 radical (unpaired) electrons. The van der Waals surface area contributed by atoms with Crippen LogP contribution in [0.3, 0.4) is 0 Å². The lowest BCUT2D eigenvalue weighted by Gasteiger charge is -2.16. The van der Waals surface area contributed by atoms with Gasteiger partial charge in [0.15, 0.2) is 0 Å². The monoisotopic (exact) mass is 360 g/mol. The molecule has 0 amide bonds. The summed E-state index contributed by atoms with van der Waals surface area (Å²) in [5, 5.41) is 4.83. The standard InChI is InChI=1S/C11H15F3N2O4S2/c1-2-3-7-16-22(19,20)10-8(11(12,13)14)5-4-6-9(10)21(15,17)18/h4-6,16H,2-3,7H2,1H3,(H2,15,17,18). The predicted octanol–water partition coefficient (Wildman–Crippen LogP) is 1.43. The zero-order valence-corrected chi connectivity index (χ0v) is 13.1. The average molecular weight is 360 g/mol. The third-order valence-corrected chi connectivity index (χ3v) is 5.33. The van der Waals surface area contributed by atoms with E-state index in [4.69, 9.17) is 5.14 Å². The Balaban J connectivity index is 3.61. The van der Waals surface area contributed by atoms with Gasteiger partial charge in [0.25, 0.3) is 0 Å². The maximum atomic E-state index is 13.0. The Morgan fingerprint density at radius 3 is 2.23 bits per heavy atom. The average Bonchev–Trinajstić information content (AvgIpc) is 2.36.